The lowest BCUT2D eigenvalue weighted by atomic mass is 10.1. The molecule has 102 valence electrons. The van der Waals surface area contributed by atoms with E-state index in [-0.39, 0.29) is 5.91 Å². The second-order valence-electron chi connectivity index (χ2n) is 4.72. The van der Waals surface area contributed by atoms with Gasteiger partial charge in [0.2, 0.25) is 0 Å². The predicted molar refractivity (Wildman–Crippen MR) is 78.2 cm³/mol. The van der Waals surface area contributed by atoms with Crippen molar-refractivity contribution in [1.82, 2.24) is 10.2 Å². The molecule has 2 heterocycles. The summed E-state index contributed by atoms with van der Waals surface area (Å²) in [6.07, 6.45) is 2.04. The topological polar surface area (TPSA) is 58.4 Å². The smallest absolute Gasteiger partial charge is 0.261 e. The molecule has 4 nitrogen and oxygen atoms in total. The van der Waals surface area contributed by atoms with Crippen LogP contribution >= 0.6 is 11.3 Å². The molecule has 0 bridgehead atoms. The summed E-state index contributed by atoms with van der Waals surface area (Å²) in [5.41, 5.74) is 5.33. The summed E-state index contributed by atoms with van der Waals surface area (Å²) in [5, 5.41) is 3.10. The lowest BCUT2D eigenvalue weighted by Crippen LogP contribution is -2.43. The van der Waals surface area contributed by atoms with Crippen LogP contribution in [0.5, 0.6) is 0 Å². The van der Waals surface area contributed by atoms with Gasteiger partial charge in [0.15, 0.2) is 0 Å². The van der Waals surface area contributed by atoms with E-state index in [1.807, 2.05) is 12.1 Å². The van der Waals surface area contributed by atoms with Crippen LogP contribution in [0, 0.1) is 11.8 Å². The Hall–Kier alpha value is -1.35. The first-order chi connectivity index (χ1) is 9.19. The SMILES string of the molecule is CN1CCC(NC(=O)c2ccc(C#CCN)s2)CC1. The van der Waals surface area contributed by atoms with Crippen molar-refractivity contribution in [2.45, 2.75) is 18.9 Å². The minimum absolute atomic E-state index is 0.0142. The zero-order chi connectivity index (χ0) is 13.7. The van der Waals surface area contributed by atoms with E-state index in [0.717, 1.165) is 35.7 Å². The Bertz CT molecular complexity index is 492. The number of amides is 1. The summed E-state index contributed by atoms with van der Waals surface area (Å²) in [5.74, 6) is 5.75. The highest BCUT2D eigenvalue weighted by atomic mass is 32.1. The maximum atomic E-state index is 12.1. The molecule has 1 amide bonds. The third kappa shape index (κ3) is 4.06. The van der Waals surface area contributed by atoms with Gasteiger partial charge in [-0.2, -0.15) is 0 Å². The van der Waals surface area contributed by atoms with E-state index in [1.165, 1.54) is 11.3 Å². The Labute approximate surface area is 118 Å². The molecule has 0 aromatic carbocycles. The van der Waals surface area contributed by atoms with Crippen molar-refractivity contribution in [3.8, 4) is 11.8 Å². The summed E-state index contributed by atoms with van der Waals surface area (Å²) in [6, 6.07) is 4.00. The van der Waals surface area contributed by atoms with Gasteiger partial charge < -0.3 is 16.0 Å². The molecule has 0 spiro atoms. The number of hydrogen-bond donors (Lipinski definition) is 2. The number of nitrogens with one attached hydrogen (secondary N) is 1. The van der Waals surface area contributed by atoms with Crippen LogP contribution in [-0.4, -0.2) is 43.5 Å². The van der Waals surface area contributed by atoms with Crippen molar-refractivity contribution in [2.75, 3.05) is 26.7 Å². The Balaban J connectivity index is 1.91. The molecule has 0 aliphatic carbocycles. The summed E-state index contributed by atoms with van der Waals surface area (Å²) in [7, 11) is 2.11. The summed E-state index contributed by atoms with van der Waals surface area (Å²) in [4.78, 5) is 16.0. The molecule has 1 aliphatic heterocycles. The highest BCUT2D eigenvalue weighted by Gasteiger charge is 2.19. The molecule has 2 rings (SSSR count). The fourth-order valence-electron chi connectivity index (χ4n) is 2.07. The van der Waals surface area contributed by atoms with E-state index in [9.17, 15) is 4.79 Å². The highest BCUT2D eigenvalue weighted by Crippen LogP contribution is 2.16. The number of rotatable bonds is 2. The van der Waals surface area contributed by atoms with E-state index in [2.05, 4.69) is 29.1 Å². The highest BCUT2D eigenvalue weighted by molar-refractivity contribution is 7.14. The van der Waals surface area contributed by atoms with Crippen LogP contribution in [0.2, 0.25) is 0 Å². The number of nitrogens with zero attached hydrogens (tertiary/aromatic N) is 1. The van der Waals surface area contributed by atoms with Gasteiger partial charge in [0.1, 0.15) is 0 Å². The quantitative estimate of drug-likeness (QED) is 0.789. The third-order valence-electron chi connectivity index (χ3n) is 3.20. The number of likely N-dealkylation sites (tertiary alicyclic amines) is 1. The standard InChI is InChI=1S/C14H19N3OS/c1-17-9-6-11(7-10-17)16-14(18)13-5-4-12(19-13)3-2-8-15/h4-5,11H,6-10,15H2,1H3,(H,16,18). The fourth-order valence-corrected chi connectivity index (χ4v) is 2.86. The second-order valence-corrected chi connectivity index (χ2v) is 5.80. The van der Waals surface area contributed by atoms with Crippen molar-refractivity contribution in [1.29, 1.82) is 0 Å². The summed E-state index contributed by atoms with van der Waals surface area (Å²) in [6.45, 7) is 2.43. The largest absolute Gasteiger partial charge is 0.349 e. The molecule has 1 saturated heterocycles. The third-order valence-corrected chi connectivity index (χ3v) is 4.20. The summed E-state index contributed by atoms with van der Waals surface area (Å²) >= 11 is 1.42. The van der Waals surface area contributed by atoms with Gasteiger partial charge in [-0.1, -0.05) is 11.8 Å². The fraction of sp³-hybridized carbons (Fsp3) is 0.500. The molecule has 1 aromatic heterocycles. The number of nitrogens with two attached hydrogens (primary N) is 1. The Morgan fingerprint density at radius 2 is 2.26 bits per heavy atom. The van der Waals surface area contributed by atoms with Crippen LogP contribution in [0.15, 0.2) is 12.1 Å². The van der Waals surface area contributed by atoms with Gasteiger partial charge in [0.05, 0.1) is 16.3 Å². The van der Waals surface area contributed by atoms with Gasteiger partial charge in [-0.25, -0.2) is 0 Å². The van der Waals surface area contributed by atoms with E-state index >= 15 is 0 Å². The molecule has 3 N–H and O–H groups in total. The van der Waals surface area contributed by atoms with Gasteiger partial charge in [-0.05, 0) is 45.1 Å². The van der Waals surface area contributed by atoms with Crippen LogP contribution in [0.1, 0.15) is 27.4 Å². The molecule has 5 heteroatoms. The van der Waals surface area contributed by atoms with Crippen LogP contribution in [0.3, 0.4) is 0 Å². The average molecular weight is 277 g/mol. The number of carbonyl (C=O) groups is 1. The van der Waals surface area contributed by atoms with E-state index in [4.69, 9.17) is 5.73 Å². The van der Waals surface area contributed by atoms with Crippen molar-refractivity contribution >= 4 is 17.2 Å². The second kappa shape index (κ2) is 6.71. The van der Waals surface area contributed by atoms with Gasteiger partial charge in [-0.3, -0.25) is 4.79 Å². The van der Waals surface area contributed by atoms with Gasteiger partial charge in [-0.15, -0.1) is 11.3 Å². The van der Waals surface area contributed by atoms with E-state index in [1.54, 1.807) is 0 Å². The zero-order valence-corrected chi connectivity index (χ0v) is 11.9. The molecular weight excluding hydrogens is 258 g/mol. The molecule has 0 saturated carbocycles. The maximum Gasteiger partial charge on any atom is 0.261 e. The van der Waals surface area contributed by atoms with E-state index in [0.29, 0.717) is 12.6 Å². The Morgan fingerprint density at radius 3 is 2.95 bits per heavy atom. The van der Waals surface area contributed by atoms with Crippen molar-refractivity contribution < 1.29 is 4.79 Å². The average Bonchev–Trinajstić information content (AvgIpc) is 2.88. The first-order valence-corrected chi connectivity index (χ1v) is 7.29. The van der Waals surface area contributed by atoms with Crippen LogP contribution in [0.4, 0.5) is 0 Å². The first kappa shape index (κ1) is 14.1. The summed E-state index contributed by atoms with van der Waals surface area (Å²) < 4.78 is 0. The van der Waals surface area contributed by atoms with Gasteiger partial charge in [0.25, 0.3) is 5.91 Å². The minimum Gasteiger partial charge on any atom is -0.349 e. The predicted octanol–water partition coefficient (Wildman–Crippen LogP) is 0.882. The number of carbonyl (C=O) groups excluding carboxylic acids is 1. The van der Waals surface area contributed by atoms with Crippen molar-refractivity contribution in [3.05, 3.63) is 21.9 Å². The maximum absolute atomic E-state index is 12.1. The number of thiophene rings is 1. The molecule has 0 atom stereocenters. The van der Waals surface area contributed by atoms with Crippen LogP contribution in [-0.2, 0) is 0 Å². The van der Waals surface area contributed by atoms with Gasteiger partial charge >= 0.3 is 0 Å². The normalized spacial score (nSPS) is 16.7. The van der Waals surface area contributed by atoms with E-state index < -0.39 is 0 Å². The monoisotopic (exact) mass is 277 g/mol. The lowest BCUT2D eigenvalue weighted by Gasteiger charge is -2.29. The zero-order valence-electron chi connectivity index (χ0n) is 11.1. The molecular formula is C14H19N3OS. The Morgan fingerprint density at radius 1 is 1.53 bits per heavy atom. The molecule has 1 aliphatic rings. The lowest BCUT2D eigenvalue weighted by molar-refractivity contribution is 0.0921. The molecule has 19 heavy (non-hydrogen) atoms. The van der Waals surface area contributed by atoms with Crippen LogP contribution < -0.4 is 11.1 Å². The van der Waals surface area contributed by atoms with Crippen LogP contribution in [0.25, 0.3) is 0 Å². The number of piperidine rings is 1. The number of hydrogen-bond acceptors (Lipinski definition) is 4. The van der Waals surface area contributed by atoms with Crippen molar-refractivity contribution in [2.24, 2.45) is 5.73 Å². The van der Waals surface area contributed by atoms with Gasteiger partial charge in [0, 0.05) is 6.04 Å². The first-order valence-electron chi connectivity index (χ1n) is 6.47. The molecule has 0 radical (unpaired) electrons. The minimum atomic E-state index is 0.0142. The molecule has 0 unspecified atom stereocenters. The molecule has 1 fully saturated rings. The molecule has 1 aromatic rings. The Kier molecular flexibility index (Phi) is 4.97. The van der Waals surface area contributed by atoms with Crippen molar-refractivity contribution in [3.63, 3.8) is 0 Å².